The summed E-state index contributed by atoms with van der Waals surface area (Å²) >= 11 is 0. The van der Waals surface area contributed by atoms with Crippen LogP contribution in [0.3, 0.4) is 0 Å². The molecule has 0 aromatic heterocycles. The maximum Gasteiger partial charge on any atom is 0.308 e. The smallest absolute Gasteiger partial charge is 0.308 e. The second-order valence-electron chi connectivity index (χ2n) is 1.26. The van der Waals surface area contributed by atoms with Crippen LogP contribution >= 0.6 is 7.82 Å². The zero-order valence-electron chi connectivity index (χ0n) is 4.70. The molecular weight excluding hydrogens is 147 g/mol. The van der Waals surface area contributed by atoms with Gasteiger partial charge in [0.15, 0.2) is 0 Å². The van der Waals surface area contributed by atoms with E-state index >= 15 is 0 Å². The molecule has 0 heterocycles. The van der Waals surface area contributed by atoms with Gasteiger partial charge in [0.2, 0.25) is 0 Å². The van der Waals surface area contributed by atoms with Crippen LogP contribution in [0.2, 0.25) is 0 Å². The molecule has 0 unspecified atom stereocenters. The van der Waals surface area contributed by atoms with Crippen molar-refractivity contribution in [1.29, 1.82) is 0 Å². The molecule has 0 bridgehead atoms. The summed E-state index contributed by atoms with van der Waals surface area (Å²) in [5, 5.41) is 0. The minimum absolute atomic E-state index is 0.117. The Bertz CT molecular complexity index is 146. The minimum atomic E-state index is -5.09. The van der Waals surface area contributed by atoms with Crippen LogP contribution in [0, 0.1) is 0 Å². The molecule has 9 heavy (non-hydrogen) atoms. The molecule has 0 saturated carbocycles. The molecule has 0 spiro atoms. The number of carbonyl (C=O) groups excluding carboxylic acids is 1. The van der Waals surface area contributed by atoms with Gasteiger partial charge in [-0.1, -0.05) is 6.92 Å². The van der Waals surface area contributed by atoms with E-state index in [0.29, 0.717) is 0 Å². The predicted octanol–water partition coefficient (Wildman–Crippen LogP) is -1.23. The lowest BCUT2D eigenvalue weighted by molar-refractivity contribution is -0.337. The van der Waals surface area contributed by atoms with Gasteiger partial charge >= 0.3 is 5.97 Å². The average molecular weight is 152 g/mol. The van der Waals surface area contributed by atoms with Gasteiger partial charge in [-0.25, -0.2) is 0 Å². The first-order chi connectivity index (χ1) is 3.95. The van der Waals surface area contributed by atoms with Crippen molar-refractivity contribution in [3.05, 3.63) is 0 Å². The molecule has 0 aliphatic rings. The number of phosphoric ester groups is 1. The van der Waals surface area contributed by atoms with E-state index < -0.39 is 13.8 Å². The van der Waals surface area contributed by atoms with E-state index in [1.165, 1.54) is 6.92 Å². The molecule has 0 aliphatic heterocycles. The highest BCUT2D eigenvalue weighted by molar-refractivity contribution is 7.43. The third kappa shape index (κ3) is 5.49. The molecule has 0 amide bonds. The number of phosphoric acid groups is 1. The Morgan fingerprint density at radius 1 is 1.67 bits per heavy atom. The summed E-state index contributed by atoms with van der Waals surface area (Å²) in [6, 6.07) is 0. The fourth-order valence-corrected chi connectivity index (χ4v) is 0.568. The Kier molecular flexibility index (Phi) is 2.84. The van der Waals surface area contributed by atoms with E-state index in [1.807, 2.05) is 0 Å². The lowest BCUT2D eigenvalue weighted by Gasteiger charge is -2.27. The minimum Gasteiger partial charge on any atom is -0.780 e. The van der Waals surface area contributed by atoms with Gasteiger partial charge in [-0.05, 0) is 0 Å². The number of hydrogen-bond acceptors (Lipinski definition) is 5. The molecule has 0 radical (unpaired) electrons. The summed E-state index contributed by atoms with van der Waals surface area (Å²) < 4.78 is 13.0. The van der Waals surface area contributed by atoms with E-state index in [9.17, 15) is 19.1 Å². The molecule has 0 atom stereocenters. The van der Waals surface area contributed by atoms with Gasteiger partial charge in [-0.15, -0.1) is 0 Å². The van der Waals surface area contributed by atoms with E-state index in [1.54, 1.807) is 0 Å². The first kappa shape index (κ1) is 8.62. The van der Waals surface area contributed by atoms with Crippen LogP contribution in [0.4, 0.5) is 0 Å². The fourth-order valence-electron chi connectivity index (χ4n) is 0.189. The van der Waals surface area contributed by atoms with Gasteiger partial charge in [0.25, 0.3) is 0 Å². The molecule has 0 N–H and O–H groups in total. The highest BCUT2D eigenvalue weighted by Crippen LogP contribution is 2.24. The summed E-state index contributed by atoms with van der Waals surface area (Å²) in [6.07, 6.45) is -0.117. The Morgan fingerprint density at radius 2 is 2.11 bits per heavy atom. The average Bonchev–Trinajstić information content (AvgIpc) is 1.62. The van der Waals surface area contributed by atoms with Crippen LogP contribution in [0.5, 0.6) is 0 Å². The van der Waals surface area contributed by atoms with Crippen LogP contribution in [0.25, 0.3) is 0 Å². The Morgan fingerprint density at radius 3 is 2.22 bits per heavy atom. The predicted molar refractivity (Wildman–Crippen MR) is 24.0 cm³/mol. The molecule has 0 rings (SSSR count). The Labute approximate surface area is 51.9 Å². The molecule has 0 saturated heterocycles. The normalized spacial score (nSPS) is 11.0. The highest BCUT2D eigenvalue weighted by Gasteiger charge is 1.98. The zero-order valence-corrected chi connectivity index (χ0v) is 5.59. The maximum absolute atomic E-state index is 10.0. The lowest BCUT2D eigenvalue weighted by Crippen LogP contribution is -2.19. The Hall–Kier alpha value is -0.380. The second-order valence-corrected chi connectivity index (χ2v) is 2.34. The van der Waals surface area contributed by atoms with Gasteiger partial charge in [0, 0.05) is 6.42 Å². The van der Waals surface area contributed by atoms with Crippen molar-refractivity contribution in [1.82, 2.24) is 0 Å². The first-order valence-electron chi connectivity index (χ1n) is 2.20. The van der Waals surface area contributed by atoms with Crippen molar-refractivity contribution < 1.29 is 23.7 Å². The molecule has 0 aromatic carbocycles. The van der Waals surface area contributed by atoms with Crippen LogP contribution in [0.1, 0.15) is 13.3 Å². The fraction of sp³-hybridized carbons (Fsp3) is 0.667. The summed E-state index contributed by atoms with van der Waals surface area (Å²) in [4.78, 5) is 29.3. The first-order valence-corrected chi connectivity index (χ1v) is 3.66. The third-order valence-corrected chi connectivity index (χ3v) is 0.930. The van der Waals surface area contributed by atoms with Crippen LogP contribution in [0.15, 0.2) is 0 Å². The maximum atomic E-state index is 10.0. The van der Waals surface area contributed by atoms with Crippen molar-refractivity contribution in [3.63, 3.8) is 0 Å². The van der Waals surface area contributed by atoms with Gasteiger partial charge < -0.3 is 18.9 Å². The largest absolute Gasteiger partial charge is 0.780 e. The summed E-state index contributed by atoms with van der Waals surface area (Å²) in [5.41, 5.74) is 0. The quantitative estimate of drug-likeness (QED) is 0.462. The van der Waals surface area contributed by atoms with Gasteiger partial charge in [0.1, 0.15) is 7.82 Å². The van der Waals surface area contributed by atoms with E-state index in [0.717, 1.165) is 0 Å². The molecule has 0 aromatic rings. The van der Waals surface area contributed by atoms with Gasteiger partial charge in [-0.2, -0.15) is 0 Å². The molecule has 0 fully saturated rings. The summed E-state index contributed by atoms with van der Waals surface area (Å²) in [5.74, 6) is -1.02. The molecule has 5 nitrogen and oxygen atoms in total. The van der Waals surface area contributed by atoms with Gasteiger partial charge in [-0.3, -0.25) is 4.79 Å². The number of carbonyl (C=O) groups is 1. The highest BCUT2D eigenvalue weighted by atomic mass is 31.2. The molecule has 54 valence electrons. The summed E-state index contributed by atoms with van der Waals surface area (Å²) in [7, 11) is -5.09. The Balaban J connectivity index is 3.75. The summed E-state index contributed by atoms with van der Waals surface area (Å²) in [6.45, 7) is 1.39. The monoisotopic (exact) mass is 152 g/mol. The molecule has 6 heteroatoms. The molecule has 0 aliphatic carbocycles. The van der Waals surface area contributed by atoms with Crippen molar-refractivity contribution in [2.24, 2.45) is 0 Å². The zero-order chi connectivity index (χ0) is 7.49. The van der Waals surface area contributed by atoms with Crippen LogP contribution < -0.4 is 9.79 Å². The third-order valence-electron chi connectivity index (χ3n) is 0.502. The van der Waals surface area contributed by atoms with Crippen LogP contribution in [-0.2, 0) is 13.9 Å². The van der Waals surface area contributed by atoms with E-state index in [4.69, 9.17) is 0 Å². The number of hydrogen-bond donors (Lipinski definition) is 0. The topological polar surface area (TPSA) is 89.5 Å². The van der Waals surface area contributed by atoms with Crippen molar-refractivity contribution in [2.45, 2.75) is 13.3 Å². The lowest BCUT2D eigenvalue weighted by atomic mass is 10.5. The number of rotatable bonds is 2. The van der Waals surface area contributed by atoms with Crippen molar-refractivity contribution in [2.75, 3.05) is 0 Å². The standard InChI is InChI=1S/C3H7O5P/c1-2-3(4)8-9(5,6)7/h2H2,1H3,(H2,5,6,7)/p-2. The van der Waals surface area contributed by atoms with Crippen molar-refractivity contribution in [3.8, 4) is 0 Å². The molecular formula is C3H5O5P-2. The van der Waals surface area contributed by atoms with E-state index in [-0.39, 0.29) is 6.42 Å². The van der Waals surface area contributed by atoms with Crippen molar-refractivity contribution >= 4 is 13.8 Å². The van der Waals surface area contributed by atoms with Gasteiger partial charge in [0.05, 0.1) is 0 Å². The van der Waals surface area contributed by atoms with E-state index in [2.05, 4.69) is 4.52 Å². The second kappa shape index (κ2) is 2.96. The van der Waals surface area contributed by atoms with Crippen LogP contribution in [-0.4, -0.2) is 5.97 Å². The SMILES string of the molecule is CCC(=O)OP(=O)([O-])[O-].